The first-order chi connectivity index (χ1) is 20.5. The third-order valence-corrected chi connectivity index (χ3v) is 6.89. The molecule has 0 bridgehead atoms. The second-order valence-corrected chi connectivity index (χ2v) is 9.95. The Kier molecular flexibility index (Phi) is 10.4. The van der Waals surface area contributed by atoms with E-state index in [2.05, 4.69) is 10.3 Å². The number of H-pyrrole nitrogens is 1. The molecule has 0 unspecified atom stereocenters. The molecule has 4 rings (SSSR count). The fourth-order valence-electron chi connectivity index (χ4n) is 4.60. The Bertz CT molecular complexity index is 1540. The van der Waals surface area contributed by atoms with E-state index < -0.39 is 35.3 Å². The molecular formula is C31H31F5N4O3. The number of anilines is 1. The maximum absolute atomic E-state index is 13.7. The number of carbonyl (C=O) groups is 2. The van der Waals surface area contributed by atoms with Gasteiger partial charge in [-0.2, -0.15) is 13.2 Å². The lowest BCUT2D eigenvalue weighted by Crippen LogP contribution is -2.45. The Morgan fingerprint density at radius 1 is 0.930 bits per heavy atom. The molecule has 0 saturated carbocycles. The molecule has 0 aliphatic heterocycles. The summed E-state index contributed by atoms with van der Waals surface area (Å²) in [6.45, 7) is 0.285. The van der Waals surface area contributed by atoms with Crippen LogP contribution in [0.2, 0.25) is 0 Å². The quantitative estimate of drug-likeness (QED) is 0.142. The van der Waals surface area contributed by atoms with Crippen LogP contribution in [-0.4, -0.2) is 60.1 Å². The van der Waals surface area contributed by atoms with Crippen molar-refractivity contribution < 1.29 is 36.3 Å². The highest BCUT2D eigenvalue weighted by atomic mass is 19.4. The molecule has 3 aromatic carbocycles. The van der Waals surface area contributed by atoms with Crippen LogP contribution in [-0.2, 0) is 28.7 Å². The van der Waals surface area contributed by atoms with Crippen molar-refractivity contribution in [3.8, 4) is 0 Å². The highest BCUT2D eigenvalue weighted by Crippen LogP contribution is 2.29. The van der Waals surface area contributed by atoms with Crippen LogP contribution < -0.4 is 5.32 Å². The average Bonchev–Trinajstić information content (AvgIpc) is 3.39. The van der Waals surface area contributed by atoms with E-state index in [-0.39, 0.29) is 31.9 Å². The van der Waals surface area contributed by atoms with Crippen molar-refractivity contribution in [2.75, 3.05) is 38.7 Å². The Balaban J connectivity index is 1.54. The molecule has 43 heavy (non-hydrogen) atoms. The maximum Gasteiger partial charge on any atom is 0.416 e. The molecule has 0 fully saturated rings. The second kappa shape index (κ2) is 14.1. The van der Waals surface area contributed by atoms with E-state index >= 15 is 0 Å². The van der Waals surface area contributed by atoms with E-state index in [0.29, 0.717) is 25.0 Å². The number of nitrogens with zero attached hydrogens (tertiary/aromatic N) is 2. The van der Waals surface area contributed by atoms with E-state index in [1.54, 1.807) is 0 Å². The molecule has 12 heteroatoms. The summed E-state index contributed by atoms with van der Waals surface area (Å²) in [4.78, 5) is 32.7. The largest absolute Gasteiger partial charge is 0.416 e. The zero-order chi connectivity index (χ0) is 31.0. The molecule has 7 nitrogen and oxygen atoms in total. The van der Waals surface area contributed by atoms with Gasteiger partial charge in [-0.05, 0) is 54.3 Å². The number of ether oxygens (including phenoxy) is 1. The van der Waals surface area contributed by atoms with Gasteiger partial charge in [0.05, 0.1) is 5.56 Å². The number of hydrogen-bond acceptors (Lipinski definition) is 3. The van der Waals surface area contributed by atoms with Crippen LogP contribution in [0.5, 0.6) is 0 Å². The maximum atomic E-state index is 13.7. The number of rotatable bonds is 12. The molecule has 2 N–H and O–H groups in total. The number of alkyl halides is 3. The number of halogens is 5. The molecular weight excluding hydrogens is 571 g/mol. The highest BCUT2D eigenvalue weighted by molar-refractivity contribution is 5.92. The predicted octanol–water partition coefficient (Wildman–Crippen LogP) is 6.61. The molecule has 0 atom stereocenters. The lowest BCUT2D eigenvalue weighted by molar-refractivity contribution is -0.137. The standard InChI is InChI=1S/C31H31F5N4O3/c1-43-16-4-14-40(30(42)38-24-11-12-26(32)27(33)17-24)20-29(41)39(19-21-7-9-23(10-8-21)31(34,35)36)15-13-22-18-37-28-6-3-2-5-25(22)28/h2-3,5-12,17-18,37H,4,13-16,19-20H2,1H3,(H,38,42). The summed E-state index contributed by atoms with van der Waals surface area (Å²) >= 11 is 0. The molecule has 0 saturated heterocycles. The Morgan fingerprint density at radius 3 is 2.37 bits per heavy atom. The third-order valence-electron chi connectivity index (χ3n) is 6.89. The minimum atomic E-state index is -4.49. The lowest BCUT2D eigenvalue weighted by Gasteiger charge is -2.28. The van der Waals surface area contributed by atoms with Crippen molar-refractivity contribution in [2.45, 2.75) is 25.6 Å². The van der Waals surface area contributed by atoms with Crippen LogP contribution in [0.1, 0.15) is 23.1 Å². The zero-order valence-electron chi connectivity index (χ0n) is 23.4. The Morgan fingerprint density at radius 2 is 1.67 bits per heavy atom. The summed E-state index contributed by atoms with van der Waals surface area (Å²) in [6, 6.07) is 14.4. The number of carbonyl (C=O) groups excluding carboxylic acids is 2. The first kappa shape index (κ1) is 31.5. The topological polar surface area (TPSA) is 77.7 Å². The molecule has 0 aliphatic carbocycles. The Hall–Kier alpha value is -4.45. The molecule has 1 heterocycles. The number of urea groups is 1. The normalized spacial score (nSPS) is 11.5. The number of fused-ring (bicyclic) bond motifs is 1. The van der Waals surface area contributed by atoms with Gasteiger partial charge in [-0.15, -0.1) is 0 Å². The summed E-state index contributed by atoms with van der Waals surface area (Å²) in [5.41, 5.74) is 1.57. The molecule has 0 spiro atoms. The van der Waals surface area contributed by atoms with Crippen molar-refractivity contribution in [1.29, 1.82) is 0 Å². The molecule has 4 aromatic rings. The van der Waals surface area contributed by atoms with Crippen LogP contribution in [0.4, 0.5) is 32.4 Å². The van der Waals surface area contributed by atoms with E-state index in [0.717, 1.165) is 40.7 Å². The summed E-state index contributed by atoms with van der Waals surface area (Å²) in [6.07, 6.45) is -1.81. The SMILES string of the molecule is COCCCN(CC(=O)N(CCc1c[nH]c2ccccc12)Cc1ccc(C(F)(F)F)cc1)C(=O)Nc1ccc(F)c(F)c1. The van der Waals surface area contributed by atoms with Gasteiger partial charge in [-0.25, -0.2) is 13.6 Å². The van der Waals surface area contributed by atoms with Crippen molar-refractivity contribution in [1.82, 2.24) is 14.8 Å². The first-order valence-corrected chi connectivity index (χ1v) is 13.5. The van der Waals surface area contributed by atoms with Crippen LogP contribution in [0.3, 0.4) is 0 Å². The molecule has 1 aromatic heterocycles. The van der Waals surface area contributed by atoms with Crippen molar-refractivity contribution >= 4 is 28.5 Å². The number of hydrogen-bond donors (Lipinski definition) is 2. The summed E-state index contributed by atoms with van der Waals surface area (Å²) in [5.74, 6) is -2.66. The molecule has 228 valence electrons. The van der Waals surface area contributed by atoms with Gasteiger partial charge in [0.1, 0.15) is 6.54 Å². The minimum absolute atomic E-state index is 0.00837. The van der Waals surface area contributed by atoms with E-state index in [9.17, 15) is 31.5 Å². The van der Waals surface area contributed by atoms with Crippen molar-refractivity contribution in [3.05, 3.63) is 101 Å². The molecule has 0 radical (unpaired) electrons. The molecule has 3 amide bonds. The fourth-order valence-corrected chi connectivity index (χ4v) is 4.60. The number of para-hydroxylation sites is 1. The Labute approximate surface area is 245 Å². The smallest absolute Gasteiger partial charge is 0.385 e. The zero-order valence-corrected chi connectivity index (χ0v) is 23.4. The minimum Gasteiger partial charge on any atom is -0.385 e. The van der Waals surface area contributed by atoms with Crippen LogP contribution in [0.15, 0.2) is 72.9 Å². The second-order valence-electron chi connectivity index (χ2n) is 9.95. The van der Waals surface area contributed by atoms with Gasteiger partial charge < -0.3 is 24.8 Å². The third kappa shape index (κ3) is 8.54. The van der Waals surface area contributed by atoms with Gasteiger partial charge in [-0.3, -0.25) is 4.79 Å². The van der Waals surface area contributed by atoms with E-state index in [1.807, 2.05) is 30.5 Å². The summed E-state index contributed by atoms with van der Waals surface area (Å²) < 4.78 is 71.4. The van der Waals surface area contributed by atoms with Gasteiger partial charge in [0.15, 0.2) is 11.6 Å². The van der Waals surface area contributed by atoms with Gasteiger partial charge >= 0.3 is 12.2 Å². The van der Waals surface area contributed by atoms with Crippen molar-refractivity contribution in [2.24, 2.45) is 0 Å². The number of aromatic nitrogens is 1. The fraction of sp³-hybridized carbons (Fsp3) is 0.290. The van der Waals surface area contributed by atoms with Gasteiger partial charge in [0.25, 0.3) is 0 Å². The number of aromatic amines is 1. The van der Waals surface area contributed by atoms with Crippen molar-refractivity contribution in [3.63, 3.8) is 0 Å². The molecule has 0 aliphatic rings. The summed E-state index contributed by atoms with van der Waals surface area (Å²) in [7, 11) is 1.49. The van der Waals surface area contributed by atoms with Gasteiger partial charge in [0.2, 0.25) is 5.91 Å². The number of benzene rings is 3. The highest BCUT2D eigenvalue weighted by Gasteiger charge is 2.30. The number of methoxy groups -OCH3 is 1. The van der Waals surface area contributed by atoms with E-state index in [1.165, 1.54) is 35.1 Å². The monoisotopic (exact) mass is 602 g/mol. The van der Waals surface area contributed by atoms with Crippen LogP contribution in [0, 0.1) is 11.6 Å². The summed E-state index contributed by atoms with van der Waals surface area (Å²) in [5, 5.41) is 3.47. The number of nitrogens with one attached hydrogen (secondary N) is 2. The van der Waals surface area contributed by atoms with Crippen LogP contribution in [0.25, 0.3) is 10.9 Å². The lowest BCUT2D eigenvalue weighted by atomic mass is 10.1. The van der Waals surface area contributed by atoms with E-state index in [4.69, 9.17) is 4.74 Å². The van der Waals surface area contributed by atoms with Crippen LogP contribution >= 0.6 is 0 Å². The predicted molar refractivity (Wildman–Crippen MR) is 152 cm³/mol. The van der Waals surface area contributed by atoms with Gasteiger partial charge in [0, 0.05) is 62.2 Å². The first-order valence-electron chi connectivity index (χ1n) is 13.5. The average molecular weight is 603 g/mol. The van der Waals surface area contributed by atoms with Gasteiger partial charge in [-0.1, -0.05) is 30.3 Å². The number of amides is 3.